The van der Waals surface area contributed by atoms with E-state index in [1.165, 1.54) is 0 Å². The number of hydrogen-bond acceptors (Lipinski definition) is 4. The van der Waals surface area contributed by atoms with Crippen LogP contribution in [0.5, 0.6) is 0 Å². The van der Waals surface area contributed by atoms with Crippen molar-refractivity contribution in [2.75, 3.05) is 45.9 Å². The van der Waals surface area contributed by atoms with Gasteiger partial charge in [0.05, 0.1) is 6.54 Å². The minimum Gasteiger partial charge on any atom is -0.396 e. The summed E-state index contributed by atoms with van der Waals surface area (Å²) in [7, 11) is 0. The Kier molecular flexibility index (Phi) is 6.11. The minimum atomic E-state index is 0.111. The van der Waals surface area contributed by atoms with Crippen LogP contribution in [0.3, 0.4) is 0 Å². The topological polar surface area (TPSA) is 64.1 Å². The van der Waals surface area contributed by atoms with E-state index in [1.807, 2.05) is 4.90 Å². The van der Waals surface area contributed by atoms with Crippen molar-refractivity contribution in [2.24, 2.45) is 5.92 Å². The molecule has 24 heavy (non-hydrogen) atoms. The van der Waals surface area contributed by atoms with E-state index >= 15 is 0 Å². The Balaban J connectivity index is 1.49. The third-order valence-corrected chi connectivity index (χ3v) is 5.92. The molecule has 0 aromatic rings. The number of amides is 2. The summed E-state index contributed by atoms with van der Waals surface area (Å²) in [6, 6.07) is 0.444. The van der Waals surface area contributed by atoms with Crippen LogP contribution in [0.4, 0.5) is 0 Å². The predicted octanol–water partition coefficient (Wildman–Crippen LogP) is 0.694. The van der Waals surface area contributed by atoms with Crippen LogP contribution in [-0.2, 0) is 9.59 Å². The molecule has 1 atom stereocenters. The number of carbonyl (C=O) groups excluding carboxylic acids is 2. The van der Waals surface area contributed by atoms with E-state index in [0.717, 1.165) is 71.2 Å². The van der Waals surface area contributed by atoms with Gasteiger partial charge in [-0.25, -0.2) is 0 Å². The maximum Gasteiger partial charge on any atom is 0.242 e. The summed E-state index contributed by atoms with van der Waals surface area (Å²) >= 11 is 0. The molecule has 3 aliphatic heterocycles. The van der Waals surface area contributed by atoms with Gasteiger partial charge in [0.15, 0.2) is 0 Å². The number of hydrogen-bond donors (Lipinski definition) is 1. The van der Waals surface area contributed by atoms with E-state index < -0.39 is 0 Å². The summed E-state index contributed by atoms with van der Waals surface area (Å²) in [5.74, 6) is 0.696. The first kappa shape index (κ1) is 17.7. The first-order valence-electron chi connectivity index (χ1n) is 9.58. The quantitative estimate of drug-likeness (QED) is 0.820. The molecule has 0 aliphatic carbocycles. The van der Waals surface area contributed by atoms with Crippen LogP contribution >= 0.6 is 0 Å². The van der Waals surface area contributed by atoms with Gasteiger partial charge in [-0.1, -0.05) is 0 Å². The van der Waals surface area contributed by atoms with E-state index in [0.29, 0.717) is 25.0 Å². The van der Waals surface area contributed by atoms with E-state index in [2.05, 4.69) is 4.90 Å². The van der Waals surface area contributed by atoms with Crippen LogP contribution < -0.4 is 0 Å². The Hall–Kier alpha value is -1.14. The van der Waals surface area contributed by atoms with Crippen molar-refractivity contribution in [3.63, 3.8) is 0 Å². The van der Waals surface area contributed by atoms with Crippen molar-refractivity contribution < 1.29 is 14.7 Å². The molecule has 3 heterocycles. The smallest absolute Gasteiger partial charge is 0.242 e. The second-order valence-electron chi connectivity index (χ2n) is 7.57. The van der Waals surface area contributed by atoms with E-state index in [1.54, 1.807) is 4.90 Å². The summed E-state index contributed by atoms with van der Waals surface area (Å²) < 4.78 is 0. The first-order valence-corrected chi connectivity index (χ1v) is 9.58. The monoisotopic (exact) mass is 337 g/mol. The molecule has 2 amide bonds. The van der Waals surface area contributed by atoms with Crippen molar-refractivity contribution in [3.8, 4) is 0 Å². The van der Waals surface area contributed by atoms with Gasteiger partial charge in [0.1, 0.15) is 0 Å². The molecule has 0 spiro atoms. The fourth-order valence-electron chi connectivity index (χ4n) is 4.27. The van der Waals surface area contributed by atoms with E-state index in [9.17, 15) is 14.7 Å². The molecular formula is C18H31N3O3. The van der Waals surface area contributed by atoms with Crippen LogP contribution in [0.25, 0.3) is 0 Å². The van der Waals surface area contributed by atoms with Gasteiger partial charge in [0.25, 0.3) is 0 Å². The molecule has 0 radical (unpaired) electrons. The number of aliphatic hydroxyl groups excluding tert-OH is 1. The molecule has 3 aliphatic rings. The number of carbonyl (C=O) groups is 2. The minimum absolute atomic E-state index is 0.111. The van der Waals surface area contributed by atoms with Gasteiger partial charge >= 0.3 is 0 Å². The second kappa shape index (κ2) is 8.30. The van der Waals surface area contributed by atoms with E-state index in [-0.39, 0.29) is 18.4 Å². The highest BCUT2D eigenvalue weighted by atomic mass is 16.3. The Morgan fingerprint density at radius 2 is 1.83 bits per heavy atom. The summed E-state index contributed by atoms with van der Waals surface area (Å²) in [6.07, 6.45) is 6.88. The normalized spacial score (nSPS) is 27.5. The Bertz CT molecular complexity index is 449. The lowest BCUT2D eigenvalue weighted by Gasteiger charge is -2.42. The highest BCUT2D eigenvalue weighted by Gasteiger charge is 2.31. The first-order chi connectivity index (χ1) is 11.7. The van der Waals surface area contributed by atoms with Crippen molar-refractivity contribution in [1.29, 1.82) is 0 Å². The van der Waals surface area contributed by atoms with Crippen LogP contribution in [0.1, 0.15) is 44.9 Å². The van der Waals surface area contributed by atoms with Crippen molar-refractivity contribution in [1.82, 2.24) is 14.7 Å². The largest absolute Gasteiger partial charge is 0.396 e. The Morgan fingerprint density at radius 3 is 2.54 bits per heavy atom. The lowest BCUT2D eigenvalue weighted by Crippen LogP contribution is -2.54. The van der Waals surface area contributed by atoms with Gasteiger partial charge in [-0.3, -0.25) is 14.5 Å². The standard InChI is InChI=1S/C18H31N3O3/c22-14-15-6-10-19(11-7-15)16-4-3-9-20(12-16)18(24)13-21-8-2-1-5-17(21)23/h15-16,22H,1-14H2. The van der Waals surface area contributed by atoms with Crippen LogP contribution in [-0.4, -0.2) is 83.5 Å². The molecule has 3 rings (SSSR count). The molecule has 3 saturated heterocycles. The molecule has 3 fully saturated rings. The molecule has 136 valence electrons. The summed E-state index contributed by atoms with van der Waals surface area (Å²) in [5.41, 5.74) is 0. The summed E-state index contributed by atoms with van der Waals surface area (Å²) in [4.78, 5) is 30.7. The van der Waals surface area contributed by atoms with E-state index in [4.69, 9.17) is 0 Å². The molecule has 0 aromatic heterocycles. The van der Waals surface area contributed by atoms with Gasteiger partial charge in [0, 0.05) is 38.7 Å². The average molecular weight is 337 g/mol. The summed E-state index contributed by atoms with van der Waals surface area (Å²) in [6.45, 7) is 4.97. The third-order valence-electron chi connectivity index (χ3n) is 5.92. The number of nitrogens with zero attached hydrogens (tertiary/aromatic N) is 3. The summed E-state index contributed by atoms with van der Waals surface area (Å²) in [5, 5.41) is 9.28. The zero-order chi connectivity index (χ0) is 16.9. The zero-order valence-corrected chi connectivity index (χ0v) is 14.7. The number of aliphatic hydroxyl groups is 1. The van der Waals surface area contributed by atoms with Crippen LogP contribution in [0.15, 0.2) is 0 Å². The van der Waals surface area contributed by atoms with Crippen molar-refractivity contribution >= 4 is 11.8 Å². The van der Waals surface area contributed by atoms with Crippen LogP contribution in [0.2, 0.25) is 0 Å². The van der Waals surface area contributed by atoms with Gasteiger partial charge in [-0.05, 0) is 57.5 Å². The van der Waals surface area contributed by atoms with Gasteiger partial charge < -0.3 is 14.9 Å². The lowest BCUT2D eigenvalue weighted by molar-refractivity contribution is -0.143. The molecule has 6 heteroatoms. The second-order valence-corrected chi connectivity index (χ2v) is 7.57. The fraction of sp³-hybridized carbons (Fsp3) is 0.889. The van der Waals surface area contributed by atoms with Gasteiger partial charge in [-0.15, -0.1) is 0 Å². The maximum atomic E-state index is 12.6. The highest BCUT2D eigenvalue weighted by molar-refractivity contribution is 5.85. The van der Waals surface area contributed by atoms with Crippen molar-refractivity contribution in [2.45, 2.75) is 51.0 Å². The lowest BCUT2D eigenvalue weighted by atomic mass is 9.94. The van der Waals surface area contributed by atoms with Crippen molar-refractivity contribution in [3.05, 3.63) is 0 Å². The van der Waals surface area contributed by atoms with Crippen LogP contribution in [0, 0.1) is 5.92 Å². The predicted molar refractivity (Wildman–Crippen MR) is 91.4 cm³/mol. The Labute approximate surface area is 144 Å². The molecule has 0 aromatic carbocycles. The SMILES string of the molecule is O=C1CCCCN1CC(=O)N1CCCC(N2CCC(CO)CC2)C1. The number of rotatable bonds is 4. The van der Waals surface area contributed by atoms with Gasteiger partial charge in [0.2, 0.25) is 11.8 Å². The highest BCUT2D eigenvalue weighted by Crippen LogP contribution is 2.23. The number of likely N-dealkylation sites (tertiary alicyclic amines) is 3. The molecule has 6 nitrogen and oxygen atoms in total. The maximum absolute atomic E-state index is 12.6. The molecule has 0 saturated carbocycles. The molecule has 1 N–H and O–H groups in total. The average Bonchev–Trinajstić information content (AvgIpc) is 2.64. The molecule has 0 bridgehead atoms. The number of piperidine rings is 3. The molecule has 1 unspecified atom stereocenters. The Morgan fingerprint density at radius 1 is 1.04 bits per heavy atom. The zero-order valence-electron chi connectivity index (χ0n) is 14.7. The fourth-order valence-corrected chi connectivity index (χ4v) is 4.27. The third kappa shape index (κ3) is 4.28. The molecular weight excluding hydrogens is 306 g/mol. The van der Waals surface area contributed by atoms with Gasteiger partial charge in [-0.2, -0.15) is 0 Å².